The van der Waals surface area contributed by atoms with Crippen molar-refractivity contribution in [1.82, 2.24) is 10.3 Å². The summed E-state index contributed by atoms with van der Waals surface area (Å²) in [5.41, 5.74) is 5.18. The number of hydrogen-bond acceptors (Lipinski definition) is 4. The van der Waals surface area contributed by atoms with Crippen LogP contribution >= 0.6 is 11.6 Å². The van der Waals surface area contributed by atoms with E-state index >= 15 is 0 Å². The smallest absolute Gasteiger partial charge is 0.126 e. The number of rotatable bonds is 7. The molecule has 31 heavy (non-hydrogen) atoms. The third kappa shape index (κ3) is 5.35. The predicted molar refractivity (Wildman–Crippen MR) is 127 cm³/mol. The summed E-state index contributed by atoms with van der Waals surface area (Å²) >= 11 is 6.58. The molecule has 0 atom stereocenters. The average molecular weight is 439 g/mol. The van der Waals surface area contributed by atoms with Gasteiger partial charge in [0.25, 0.3) is 0 Å². The fourth-order valence-electron chi connectivity index (χ4n) is 4.13. The summed E-state index contributed by atoms with van der Waals surface area (Å²) in [6.07, 6.45) is 4.74. The molecule has 1 aromatic heterocycles. The molecule has 6 heteroatoms. The van der Waals surface area contributed by atoms with Crippen molar-refractivity contribution in [2.75, 3.05) is 23.7 Å². The highest BCUT2D eigenvalue weighted by atomic mass is 35.5. The SMILES string of the molecule is CCc1c(NCc2cccc(F)c2)cccc1-c1cc(NC2CCNCC2)ncc1Cl. The second-order valence-electron chi connectivity index (χ2n) is 7.89. The van der Waals surface area contributed by atoms with Crippen molar-refractivity contribution < 1.29 is 4.39 Å². The summed E-state index contributed by atoms with van der Waals surface area (Å²) in [6.45, 7) is 4.74. The van der Waals surface area contributed by atoms with Crippen molar-refractivity contribution in [1.29, 1.82) is 0 Å². The number of nitrogens with one attached hydrogen (secondary N) is 3. The number of piperidine rings is 1. The number of aromatic nitrogens is 1. The van der Waals surface area contributed by atoms with Gasteiger partial charge in [0.2, 0.25) is 0 Å². The van der Waals surface area contributed by atoms with E-state index in [2.05, 4.69) is 46.1 Å². The lowest BCUT2D eigenvalue weighted by molar-refractivity contribution is 0.478. The van der Waals surface area contributed by atoms with Crippen molar-refractivity contribution in [2.24, 2.45) is 0 Å². The molecule has 0 unspecified atom stereocenters. The van der Waals surface area contributed by atoms with Crippen LogP contribution in [0.4, 0.5) is 15.9 Å². The predicted octanol–water partition coefficient (Wildman–Crippen LogP) is 5.88. The highest BCUT2D eigenvalue weighted by Crippen LogP contribution is 2.35. The Morgan fingerprint density at radius 1 is 1.10 bits per heavy atom. The lowest BCUT2D eigenvalue weighted by Gasteiger charge is -2.24. The molecule has 0 spiro atoms. The first kappa shape index (κ1) is 21.6. The van der Waals surface area contributed by atoms with Gasteiger partial charge in [0.15, 0.2) is 0 Å². The topological polar surface area (TPSA) is 49.0 Å². The lowest BCUT2D eigenvalue weighted by Crippen LogP contribution is -2.35. The molecule has 1 aliphatic heterocycles. The Balaban J connectivity index is 1.59. The fraction of sp³-hybridized carbons (Fsp3) is 0.320. The second kappa shape index (κ2) is 10.1. The van der Waals surface area contributed by atoms with Crippen LogP contribution < -0.4 is 16.0 Å². The molecule has 4 nitrogen and oxygen atoms in total. The van der Waals surface area contributed by atoms with E-state index in [0.717, 1.165) is 60.5 Å². The summed E-state index contributed by atoms with van der Waals surface area (Å²) in [4.78, 5) is 4.51. The van der Waals surface area contributed by atoms with Crippen LogP contribution in [0.5, 0.6) is 0 Å². The molecule has 3 aromatic rings. The van der Waals surface area contributed by atoms with Crippen LogP contribution in [-0.2, 0) is 13.0 Å². The molecule has 0 bridgehead atoms. The first-order valence-corrected chi connectivity index (χ1v) is 11.2. The zero-order chi connectivity index (χ0) is 21.6. The van der Waals surface area contributed by atoms with Crippen LogP contribution in [0.15, 0.2) is 54.7 Å². The molecular weight excluding hydrogens is 411 g/mol. The molecule has 0 saturated carbocycles. The van der Waals surface area contributed by atoms with Gasteiger partial charge in [-0.1, -0.05) is 42.8 Å². The molecule has 162 valence electrons. The monoisotopic (exact) mass is 438 g/mol. The van der Waals surface area contributed by atoms with E-state index in [9.17, 15) is 4.39 Å². The maximum atomic E-state index is 13.5. The summed E-state index contributed by atoms with van der Waals surface area (Å²) in [6, 6.07) is 15.3. The van der Waals surface area contributed by atoms with Gasteiger partial charge in [-0.15, -0.1) is 0 Å². The third-order valence-electron chi connectivity index (χ3n) is 5.74. The Hall–Kier alpha value is -2.63. The van der Waals surface area contributed by atoms with Crippen molar-refractivity contribution in [3.8, 4) is 11.1 Å². The van der Waals surface area contributed by atoms with Gasteiger partial charge in [0.1, 0.15) is 11.6 Å². The summed E-state index contributed by atoms with van der Waals surface area (Å²) in [7, 11) is 0. The van der Waals surface area contributed by atoms with Gasteiger partial charge in [-0.05, 0) is 73.3 Å². The number of pyridine rings is 1. The molecule has 1 saturated heterocycles. The Morgan fingerprint density at radius 3 is 2.68 bits per heavy atom. The lowest BCUT2D eigenvalue weighted by atomic mass is 9.96. The van der Waals surface area contributed by atoms with Crippen LogP contribution in [0.25, 0.3) is 11.1 Å². The number of hydrogen-bond donors (Lipinski definition) is 3. The van der Waals surface area contributed by atoms with E-state index in [-0.39, 0.29) is 5.82 Å². The Labute approximate surface area is 188 Å². The van der Waals surface area contributed by atoms with Crippen LogP contribution in [-0.4, -0.2) is 24.1 Å². The standard InChI is InChI=1S/C25H28ClFN4/c1-2-20-21(7-4-8-24(20)29-15-17-5-3-6-18(27)13-17)22-14-25(30-16-23(22)26)31-19-9-11-28-12-10-19/h3-8,13-14,16,19,28-29H,2,9-12,15H2,1H3,(H,30,31). The van der Waals surface area contributed by atoms with Crippen molar-refractivity contribution >= 4 is 23.1 Å². The zero-order valence-electron chi connectivity index (χ0n) is 17.7. The first-order chi connectivity index (χ1) is 15.1. The minimum atomic E-state index is -0.221. The first-order valence-electron chi connectivity index (χ1n) is 10.9. The van der Waals surface area contributed by atoms with E-state index in [1.54, 1.807) is 18.3 Å². The minimum absolute atomic E-state index is 0.221. The Kier molecular flexibility index (Phi) is 7.05. The molecule has 0 radical (unpaired) electrons. The normalized spacial score (nSPS) is 14.4. The van der Waals surface area contributed by atoms with Crippen molar-refractivity contribution in [3.05, 3.63) is 76.7 Å². The van der Waals surface area contributed by atoms with Gasteiger partial charge < -0.3 is 16.0 Å². The van der Waals surface area contributed by atoms with E-state index in [4.69, 9.17) is 11.6 Å². The summed E-state index contributed by atoms with van der Waals surface area (Å²) < 4.78 is 13.5. The largest absolute Gasteiger partial charge is 0.381 e. The van der Waals surface area contributed by atoms with Crippen LogP contribution in [0.1, 0.15) is 30.9 Å². The second-order valence-corrected chi connectivity index (χ2v) is 8.29. The molecule has 4 rings (SSSR count). The van der Waals surface area contributed by atoms with Crippen molar-refractivity contribution in [2.45, 2.75) is 38.8 Å². The fourth-order valence-corrected chi connectivity index (χ4v) is 4.33. The zero-order valence-corrected chi connectivity index (χ0v) is 18.5. The van der Waals surface area contributed by atoms with Gasteiger partial charge in [0.05, 0.1) is 5.02 Å². The molecule has 1 fully saturated rings. The van der Waals surface area contributed by atoms with Gasteiger partial charge in [-0.25, -0.2) is 9.37 Å². The number of anilines is 2. The molecule has 1 aliphatic rings. The maximum absolute atomic E-state index is 13.5. The molecule has 2 heterocycles. The molecule has 2 aromatic carbocycles. The minimum Gasteiger partial charge on any atom is -0.381 e. The van der Waals surface area contributed by atoms with E-state index in [0.29, 0.717) is 17.6 Å². The molecular formula is C25H28ClFN4. The number of halogens is 2. The van der Waals surface area contributed by atoms with Gasteiger partial charge in [-0.2, -0.15) is 0 Å². The Bertz CT molecular complexity index is 1030. The Morgan fingerprint density at radius 2 is 1.90 bits per heavy atom. The maximum Gasteiger partial charge on any atom is 0.126 e. The summed E-state index contributed by atoms with van der Waals surface area (Å²) in [5.74, 6) is 0.632. The van der Waals surface area contributed by atoms with Crippen LogP contribution in [0.3, 0.4) is 0 Å². The van der Waals surface area contributed by atoms with E-state index < -0.39 is 0 Å². The highest BCUT2D eigenvalue weighted by Gasteiger charge is 2.16. The molecule has 3 N–H and O–H groups in total. The summed E-state index contributed by atoms with van der Waals surface area (Å²) in [5, 5.41) is 11.0. The molecule has 0 aliphatic carbocycles. The average Bonchev–Trinajstić information content (AvgIpc) is 2.79. The van der Waals surface area contributed by atoms with Gasteiger partial charge >= 0.3 is 0 Å². The van der Waals surface area contributed by atoms with Crippen molar-refractivity contribution in [3.63, 3.8) is 0 Å². The molecule has 0 amide bonds. The van der Waals surface area contributed by atoms with Crippen LogP contribution in [0.2, 0.25) is 5.02 Å². The number of nitrogens with zero attached hydrogens (tertiary/aromatic N) is 1. The van der Waals surface area contributed by atoms with Gasteiger partial charge in [-0.3, -0.25) is 0 Å². The third-order valence-corrected chi connectivity index (χ3v) is 6.04. The highest BCUT2D eigenvalue weighted by molar-refractivity contribution is 6.33. The van der Waals surface area contributed by atoms with E-state index in [1.165, 1.54) is 11.6 Å². The number of benzene rings is 2. The van der Waals surface area contributed by atoms with Crippen LogP contribution in [0, 0.1) is 5.82 Å². The van der Waals surface area contributed by atoms with E-state index in [1.807, 2.05) is 12.1 Å². The quantitative estimate of drug-likeness (QED) is 0.431. The van der Waals surface area contributed by atoms with Gasteiger partial charge in [0, 0.05) is 30.0 Å².